The molecule has 31 heavy (non-hydrogen) atoms. The van der Waals surface area contributed by atoms with Gasteiger partial charge in [0.15, 0.2) is 0 Å². The molecule has 0 bridgehead atoms. The van der Waals surface area contributed by atoms with Crippen molar-refractivity contribution in [3.63, 3.8) is 0 Å². The molecule has 162 valence electrons. The van der Waals surface area contributed by atoms with Crippen molar-refractivity contribution < 1.29 is 14.3 Å². The number of fused-ring (bicyclic) bond motifs is 1. The lowest BCUT2D eigenvalue weighted by Gasteiger charge is -2.27. The van der Waals surface area contributed by atoms with Crippen LogP contribution in [-0.2, 0) is 9.53 Å². The van der Waals surface area contributed by atoms with E-state index in [9.17, 15) is 4.79 Å². The van der Waals surface area contributed by atoms with Crippen molar-refractivity contribution in [2.45, 2.75) is 20.3 Å². The van der Waals surface area contributed by atoms with E-state index >= 15 is 0 Å². The van der Waals surface area contributed by atoms with Crippen LogP contribution in [0.4, 0.5) is 0 Å². The number of benzene rings is 2. The summed E-state index contributed by atoms with van der Waals surface area (Å²) in [6, 6.07) is 15.6. The third-order valence-electron chi connectivity index (χ3n) is 5.33. The molecule has 2 heterocycles. The lowest BCUT2D eigenvalue weighted by molar-refractivity contribution is -0.128. The Bertz CT molecular complexity index is 1010. The average molecular weight is 420 g/mol. The molecule has 0 radical (unpaired) electrons. The first-order valence-corrected chi connectivity index (χ1v) is 10.9. The number of nitrogens with zero attached hydrogens (tertiary/aromatic N) is 2. The summed E-state index contributed by atoms with van der Waals surface area (Å²) in [5.74, 6) is 1.98. The quantitative estimate of drug-likeness (QED) is 0.577. The highest BCUT2D eigenvalue weighted by Crippen LogP contribution is 2.23. The van der Waals surface area contributed by atoms with Gasteiger partial charge in [0.2, 0.25) is 0 Å². The van der Waals surface area contributed by atoms with E-state index in [1.165, 1.54) is 0 Å². The van der Waals surface area contributed by atoms with E-state index in [0.717, 1.165) is 28.8 Å². The van der Waals surface area contributed by atoms with E-state index in [-0.39, 0.29) is 5.91 Å². The van der Waals surface area contributed by atoms with Crippen LogP contribution in [-0.4, -0.2) is 53.7 Å². The SMILES string of the molecule is CC(C)CCOc1ccc(C=C(C(=O)N2CCOCC2)c2nc3ccccc3[nH]2)cc1. The van der Waals surface area contributed by atoms with Crippen LogP contribution in [0.25, 0.3) is 22.7 Å². The molecule has 3 aromatic rings. The van der Waals surface area contributed by atoms with Crippen LogP contribution < -0.4 is 4.74 Å². The normalized spacial score (nSPS) is 14.9. The first kappa shape index (κ1) is 21.1. The third kappa shape index (κ3) is 5.33. The average Bonchev–Trinajstić information content (AvgIpc) is 3.22. The number of hydrogen-bond acceptors (Lipinski definition) is 4. The second-order valence-electron chi connectivity index (χ2n) is 8.17. The number of amides is 1. The topological polar surface area (TPSA) is 67.4 Å². The molecule has 1 aliphatic heterocycles. The summed E-state index contributed by atoms with van der Waals surface area (Å²) < 4.78 is 11.2. The summed E-state index contributed by atoms with van der Waals surface area (Å²) in [6.45, 7) is 7.35. The number of imidazole rings is 1. The van der Waals surface area contributed by atoms with Crippen molar-refractivity contribution in [3.05, 3.63) is 59.9 Å². The Morgan fingerprint density at radius 1 is 1.16 bits per heavy atom. The molecule has 1 N–H and O–H groups in total. The van der Waals surface area contributed by atoms with Crippen molar-refractivity contribution >= 4 is 28.6 Å². The molecule has 4 rings (SSSR count). The summed E-state index contributed by atoms with van der Waals surface area (Å²) >= 11 is 0. The van der Waals surface area contributed by atoms with Crippen molar-refractivity contribution in [2.24, 2.45) is 5.92 Å². The Labute approximate surface area is 182 Å². The van der Waals surface area contributed by atoms with E-state index in [4.69, 9.17) is 9.47 Å². The summed E-state index contributed by atoms with van der Waals surface area (Å²) in [7, 11) is 0. The molecular formula is C25H29N3O3. The number of hydrogen-bond donors (Lipinski definition) is 1. The Morgan fingerprint density at radius 2 is 1.90 bits per heavy atom. The zero-order chi connectivity index (χ0) is 21.6. The predicted molar refractivity (Wildman–Crippen MR) is 123 cm³/mol. The van der Waals surface area contributed by atoms with Crippen LogP contribution >= 0.6 is 0 Å². The first-order valence-electron chi connectivity index (χ1n) is 10.9. The molecular weight excluding hydrogens is 390 g/mol. The fourth-order valence-corrected chi connectivity index (χ4v) is 3.49. The van der Waals surface area contributed by atoms with Gasteiger partial charge in [-0.1, -0.05) is 38.1 Å². The summed E-state index contributed by atoms with van der Waals surface area (Å²) in [6.07, 6.45) is 2.92. The summed E-state index contributed by atoms with van der Waals surface area (Å²) in [4.78, 5) is 23.2. The van der Waals surface area contributed by atoms with Crippen molar-refractivity contribution in [3.8, 4) is 5.75 Å². The molecule has 1 aromatic heterocycles. The first-order chi connectivity index (χ1) is 15.1. The fraction of sp³-hybridized carbons (Fsp3) is 0.360. The van der Waals surface area contributed by atoms with Crippen molar-refractivity contribution in [2.75, 3.05) is 32.9 Å². The van der Waals surface area contributed by atoms with Gasteiger partial charge >= 0.3 is 0 Å². The standard InChI is InChI=1S/C25H29N3O3/c1-18(2)11-14-31-20-9-7-19(8-10-20)17-21(25(29)28-12-15-30-16-13-28)24-26-22-5-3-4-6-23(22)27-24/h3-10,17-18H,11-16H2,1-2H3,(H,26,27). The summed E-state index contributed by atoms with van der Waals surface area (Å²) in [5.41, 5.74) is 3.22. The van der Waals surface area contributed by atoms with Crippen LogP contribution in [0.5, 0.6) is 5.75 Å². The molecule has 0 saturated carbocycles. The molecule has 1 saturated heterocycles. The molecule has 1 fully saturated rings. The van der Waals surface area contributed by atoms with Gasteiger partial charge in [-0.25, -0.2) is 4.98 Å². The van der Waals surface area contributed by atoms with Crippen molar-refractivity contribution in [1.29, 1.82) is 0 Å². The van der Waals surface area contributed by atoms with Gasteiger partial charge in [-0.3, -0.25) is 4.79 Å². The van der Waals surface area contributed by atoms with Gasteiger partial charge in [0.05, 0.1) is 36.4 Å². The number of carbonyl (C=O) groups is 1. The highest BCUT2D eigenvalue weighted by atomic mass is 16.5. The number of carbonyl (C=O) groups excluding carboxylic acids is 1. The zero-order valence-electron chi connectivity index (χ0n) is 18.1. The van der Waals surface area contributed by atoms with Gasteiger partial charge in [-0.15, -0.1) is 0 Å². The van der Waals surface area contributed by atoms with Crippen LogP contribution in [0.15, 0.2) is 48.5 Å². The van der Waals surface area contributed by atoms with Crippen LogP contribution in [0.2, 0.25) is 0 Å². The molecule has 0 aliphatic carbocycles. The van der Waals surface area contributed by atoms with Crippen LogP contribution in [0, 0.1) is 5.92 Å². The number of ether oxygens (including phenoxy) is 2. The smallest absolute Gasteiger partial charge is 0.257 e. The minimum Gasteiger partial charge on any atom is -0.494 e. The van der Waals surface area contributed by atoms with E-state index in [2.05, 4.69) is 23.8 Å². The maximum atomic E-state index is 13.4. The molecule has 0 atom stereocenters. The van der Waals surface area contributed by atoms with Gasteiger partial charge in [0.25, 0.3) is 5.91 Å². The molecule has 1 aliphatic rings. The number of aromatic nitrogens is 2. The van der Waals surface area contributed by atoms with Gasteiger partial charge in [0.1, 0.15) is 11.6 Å². The van der Waals surface area contributed by atoms with E-state index < -0.39 is 0 Å². The molecule has 2 aromatic carbocycles. The second-order valence-corrected chi connectivity index (χ2v) is 8.17. The molecule has 0 unspecified atom stereocenters. The van der Waals surface area contributed by atoms with Crippen LogP contribution in [0.3, 0.4) is 0 Å². The van der Waals surface area contributed by atoms with Gasteiger partial charge < -0.3 is 19.4 Å². The highest BCUT2D eigenvalue weighted by molar-refractivity contribution is 6.23. The van der Waals surface area contributed by atoms with E-state index in [0.29, 0.717) is 50.2 Å². The number of morpholine rings is 1. The van der Waals surface area contributed by atoms with Gasteiger partial charge in [0, 0.05) is 13.1 Å². The fourth-order valence-electron chi connectivity index (χ4n) is 3.49. The minimum absolute atomic E-state index is 0.0420. The maximum absolute atomic E-state index is 13.4. The molecule has 0 spiro atoms. The number of para-hydroxylation sites is 2. The van der Waals surface area contributed by atoms with E-state index in [1.807, 2.05) is 59.5 Å². The Kier molecular flexibility index (Phi) is 6.67. The number of rotatable bonds is 7. The Morgan fingerprint density at radius 3 is 2.61 bits per heavy atom. The minimum atomic E-state index is -0.0420. The molecule has 6 nitrogen and oxygen atoms in total. The number of nitrogens with one attached hydrogen (secondary N) is 1. The monoisotopic (exact) mass is 419 g/mol. The number of H-pyrrole nitrogens is 1. The lowest BCUT2D eigenvalue weighted by Crippen LogP contribution is -2.41. The van der Waals surface area contributed by atoms with Gasteiger partial charge in [-0.2, -0.15) is 0 Å². The second kappa shape index (κ2) is 9.79. The Hall–Kier alpha value is -3.12. The molecule has 1 amide bonds. The van der Waals surface area contributed by atoms with E-state index in [1.54, 1.807) is 0 Å². The number of aromatic amines is 1. The van der Waals surface area contributed by atoms with Gasteiger partial charge in [-0.05, 0) is 48.2 Å². The highest BCUT2D eigenvalue weighted by Gasteiger charge is 2.24. The lowest BCUT2D eigenvalue weighted by atomic mass is 10.1. The third-order valence-corrected chi connectivity index (χ3v) is 5.33. The van der Waals surface area contributed by atoms with Crippen LogP contribution in [0.1, 0.15) is 31.7 Å². The van der Waals surface area contributed by atoms with Crippen molar-refractivity contribution in [1.82, 2.24) is 14.9 Å². The zero-order valence-corrected chi connectivity index (χ0v) is 18.1. The predicted octanol–water partition coefficient (Wildman–Crippen LogP) is 4.39. The Balaban J connectivity index is 1.61. The summed E-state index contributed by atoms with van der Waals surface area (Å²) in [5, 5.41) is 0. The molecule has 6 heteroatoms. The largest absolute Gasteiger partial charge is 0.494 e. The maximum Gasteiger partial charge on any atom is 0.257 e.